The fourth-order valence-corrected chi connectivity index (χ4v) is 5.05. The Balaban J connectivity index is 1.71. The van der Waals surface area contributed by atoms with E-state index in [1.807, 2.05) is 29.2 Å². The molecule has 5 nitrogen and oxygen atoms in total. The second kappa shape index (κ2) is 9.34. The lowest BCUT2D eigenvalue weighted by Crippen LogP contribution is -2.36. The van der Waals surface area contributed by atoms with Gasteiger partial charge in [-0.2, -0.15) is 0 Å². The van der Waals surface area contributed by atoms with Crippen LogP contribution < -0.4 is 19.1 Å². The average molecular weight is 468 g/mol. The third-order valence-electron chi connectivity index (χ3n) is 6.84. The molecule has 0 radical (unpaired) electrons. The van der Waals surface area contributed by atoms with Crippen molar-refractivity contribution in [2.24, 2.45) is 0 Å². The van der Waals surface area contributed by atoms with Gasteiger partial charge in [0, 0.05) is 29.7 Å². The number of amides is 1. The summed E-state index contributed by atoms with van der Waals surface area (Å²) < 4.78 is 16.9. The highest BCUT2D eigenvalue weighted by molar-refractivity contribution is 6.03. The highest BCUT2D eigenvalue weighted by Gasteiger charge is 2.35. The number of methoxy groups -OCH3 is 3. The van der Waals surface area contributed by atoms with Crippen LogP contribution in [0, 0.1) is 6.92 Å². The molecule has 1 heterocycles. The van der Waals surface area contributed by atoms with Gasteiger partial charge in [0.2, 0.25) is 5.91 Å². The second-order valence-corrected chi connectivity index (χ2v) is 8.89. The molecule has 1 amide bonds. The molecule has 0 aromatic heterocycles. The maximum atomic E-state index is 13.7. The summed E-state index contributed by atoms with van der Waals surface area (Å²) in [4.78, 5) is 15.6. The molecule has 35 heavy (non-hydrogen) atoms. The van der Waals surface area contributed by atoms with Crippen LogP contribution in [0.2, 0.25) is 0 Å². The number of anilines is 1. The third-order valence-corrected chi connectivity index (χ3v) is 6.84. The van der Waals surface area contributed by atoms with E-state index in [2.05, 4.69) is 55.5 Å². The van der Waals surface area contributed by atoms with Crippen molar-refractivity contribution < 1.29 is 19.0 Å². The van der Waals surface area contributed by atoms with Gasteiger partial charge in [-0.3, -0.25) is 4.79 Å². The first-order chi connectivity index (χ1) is 17.0. The molecule has 1 unspecified atom stereocenters. The van der Waals surface area contributed by atoms with Gasteiger partial charge >= 0.3 is 0 Å². The highest BCUT2D eigenvalue weighted by Crippen LogP contribution is 2.48. The molecule has 0 aliphatic carbocycles. The molecular weight excluding hydrogens is 438 g/mol. The lowest BCUT2D eigenvalue weighted by Gasteiger charge is -2.36. The van der Waals surface area contributed by atoms with Gasteiger partial charge in [-0.1, -0.05) is 60.2 Å². The van der Waals surface area contributed by atoms with E-state index >= 15 is 0 Å². The zero-order valence-corrected chi connectivity index (χ0v) is 20.5. The molecule has 1 aliphatic heterocycles. The molecule has 0 saturated carbocycles. The molecule has 0 spiro atoms. The van der Waals surface area contributed by atoms with E-state index in [0.29, 0.717) is 30.2 Å². The minimum Gasteiger partial charge on any atom is -0.496 e. The molecule has 1 atom stereocenters. The number of benzene rings is 4. The number of hydrogen-bond acceptors (Lipinski definition) is 4. The van der Waals surface area contributed by atoms with Crippen molar-refractivity contribution in [3.63, 3.8) is 0 Å². The molecule has 0 bridgehead atoms. The summed E-state index contributed by atoms with van der Waals surface area (Å²) in [5.41, 5.74) is 5.27. The van der Waals surface area contributed by atoms with E-state index in [1.165, 1.54) is 5.56 Å². The zero-order valence-electron chi connectivity index (χ0n) is 20.5. The van der Waals surface area contributed by atoms with Crippen LogP contribution in [0.15, 0.2) is 72.8 Å². The topological polar surface area (TPSA) is 48.0 Å². The van der Waals surface area contributed by atoms with E-state index in [0.717, 1.165) is 33.2 Å². The summed E-state index contributed by atoms with van der Waals surface area (Å²) in [6, 6.07) is 24.6. The van der Waals surface area contributed by atoms with E-state index in [4.69, 9.17) is 14.2 Å². The Hall–Kier alpha value is -3.99. The smallest absolute Gasteiger partial charge is 0.228 e. The summed E-state index contributed by atoms with van der Waals surface area (Å²) in [5.74, 6) is 1.77. The number of nitrogens with zero attached hydrogens (tertiary/aromatic N) is 1. The SMILES string of the molecule is COc1cc(OC)c(C2CC(=O)N(Cc3ccc(C)cc3)c3ccc4ccccc4c32)cc1OC. The quantitative estimate of drug-likeness (QED) is 0.337. The average Bonchev–Trinajstić information content (AvgIpc) is 2.90. The van der Waals surface area contributed by atoms with Gasteiger partial charge in [0.15, 0.2) is 11.5 Å². The Bertz CT molecular complexity index is 1390. The number of rotatable bonds is 6. The first kappa shape index (κ1) is 22.8. The summed E-state index contributed by atoms with van der Waals surface area (Å²) in [6.45, 7) is 2.60. The lowest BCUT2D eigenvalue weighted by molar-refractivity contribution is -0.119. The molecule has 5 rings (SSSR count). The van der Waals surface area contributed by atoms with Crippen LogP contribution in [0.5, 0.6) is 17.2 Å². The lowest BCUT2D eigenvalue weighted by atomic mass is 9.80. The van der Waals surface area contributed by atoms with Crippen LogP contribution >= 0.6 is 0 Å². The standard InChI is InChI=1S/C30H29NO4/c1-19-9-11-20(12-10-19)18-31-25-14-13-21-7-5-6-8-22(21)30(25)24(16-29(31)32)23-15-27(34-3)28(35-4)17-26(23)33-2/h5-15,17,24H,16,18H2,1-4H3. The summed E-state index contributed by atoms with van der Waals surface area (Å²) in [6.07, 6.45) is 0.332. The van der Waals surface area contributed by atoms with Gasteiger partial charge in [0.1, 0.15) is 5.75 Å². The maximum Gasteiger partial charge on any atom is 0.228 e. The number of aryl methyl sites for hydroxylation is 1. The molecule has 4 aromatic rings. The molecule has 5 heteroatoms. The van der Waals surface area contributed by atoms with Crippen LogP contribution in [0.25, 0.3) is 10.8 Å². The molecule has 1 aliphatic rings. The van der Waals surface area contributed by atoms with Crippen molar-refractivity contribution in [3.05, 3.63) is 95.1 Å². The molecule has 0 saturated heterocycles. The number of carbonyl (C=O) groups is 1. The fraction of sp³-hybridized carbons (Fsp3) is 0.233. The largest absolute Gasteiger partial charge is 0.496 e. The summed E-state index contributed by atoms with van der Waals surface area (Å²) in [7, 11) is 4.86. The third kappa shape index (κ3) is 4.08. The number of hydrogen-bond donors (Lipinski definition) is 0. The van der Waals surface area contributed by atoms with Gasteiger partial charge in [-0.15, -0.1) is 0 Å². The van der Waals surface area contributed by atoms with Gasteiger partial charge in [0.25, 0.3) is 0 Å². The number of carbonyl (C=O) groups excluding carboxylic acids is 1. The Morgan fingerprint density at radius 2 is 1.51 bits per heavy atom. The van der Waals surface area contributed by atoms with E-state index in [9.17, 15) is 4.79 Å². The Kier molecular flexibility index (Phi) is 6.08. The Labute approximate surface area is 205 Å². The molecule has 4 aromatic carbocycles. The van der Waals surface area contributed by atoms with Crippen LogP contribution in [0.4, 0.5) is 5.69 Å². The van der Waals surface area contributed by atoms with Crippen LogP contribution in [-0.2, 0) is 11.3 Å². The van der Waals surface area contributed by atoms with Crippen LogP contribution in [0.3, 0.4) is 0 Å². The predicted octanol–water partition coefficient (Wildman–Crippen LogP) is 6.24. The fourth-order valence-electron chi connectivity index (χ4n) is 5.05. The van der Waals surface area contributed by atoms with Crippen LogP contribution in [-0.4, -0.2) is 27.2 Å². The van der Waals surface area contributed by atoms with Crippen LogP contribution in [0.1, 0.15) is 34.6 Å². The monoisotopic (exact) mass is 467 g/mol. The second-order valence-electron chi connectivity index (χ2n) is 8.89. The van der Waals surface area contributed by atoms with Gasteiger partial charge < -0.3 is 19.1 Å². The van der Waals surface area contributed by atoms with Crippen molar-refractivity contribution >= 4 is 22.4 Å². The summed E-state index contributed by atoms with van der Waals surface area (Å²) >= 11 is 0. The predicted molar refractivity (Wildman–Crippen MR) is 139 cm³/mol. The van der Waals surface area contributed by atoms with E-state index in [-0.39, 0.29) is 11.8 Å². The van der Waals surface area contributed by atoms with E-state index in [1.54, 1.807) is 21.3 Å². The molecule has 0 fully saturated rings. The van der Waals surface area contributed by atoms with Gasteiger partial charge in [0.05, 0.1) is 27.9 Å². The molecule has 0 N–H and O–H groups in total. The minimum atomic E-state index is -0.187. The van der Waals surface area contributed by atoms with Crippen molar-refractivity contribution in [1.82, 2.24) is 0 Å². The van der Waals surface area contributed by atoms with Crippen molar-refractivity contribution in [1.29, 1.82) is 0 Å². The van der Waals surface area contributed by atoms with Gasteiger partial charge in [-0.05, 0) is 41.0 Å². The van der Waals surface area contributed by atoms with Crippen molar-refractivity contribution in [2.45, 2.75) is 25.8 Å². The number of fused-ring (bicyclic) bond motifs is 3. The normalized spacial score (nSPS) is 15.1. The van der Waals surface area contributed by atoms with Gasteiger partial charge in [-0.25, -0.2) is 0 Å². The Morgan fingerprint density at radius 1 is 0.829 bits per heavy atom. The Morgan fingerprint density at radius 3 is 2.23 bits per heavy atom. The minimum absolute atomic E-state index is 0.0789. The van der Waals surface area contributed by atoms with Crippen molar-refractivity contribution in [3.8, 4) is 17.2 Å². The first-order valence-corrected chi connectivity index (χ1v) is 11.7. The van der Waals surface area contributed by atoms with Crippen molar-refractivity contribution in [2.75, 3.05) is 26.2 Å². The zero-order chi connectivity index (χ0) is 24.5. The summed E-state index contributed by atoms with van der Waals surface area (Å²) in [5, 5.41) is 2.27. The molecular formula is C30H29NO4. The first-order valence-electron chi connectivity index (χ1n) is 11.7. The molecule has 178 valence electrons. The number of ether oxygens (including phenoxy) is 3. The highest BCUT2D eigenvalue weighted by atomic mass is 16.5. The van der Waals surface area contributed by atoms with E-state index < -0.39 is 0 Å². The maximum absolute atomic E-state index is 13.7.